The lowest BCUT2D eigenvalue weighted by molar-refractivity contribution is -0.0911. The number of benzene rings is 1. The molecule has 0 saturated carbocycles. The van der Waals surface area contributed by atoms with Crippen LogP contribution in [0.1, 0.15) is 19.4 Å². The summed E-state index contributed by atoms with van der Waals surface area (Å²) < 4.78 is 7.67. The molecule has 3 rings (SSSR count). The number of hydrogen-bond acceptors (Lipinski definition) is 2. The lowest BCUT2D eigenvalue weighted by atomic mass is 9.65. The Morgan fingerprint density at radius 2 is 1.94 bits per heavy atom. The highest BCUT2D eigenvalue weighted by atomic mass is 16.5. The van der Waals surface area contributed by atoms with E-state index in [1.807, 2.05) is 0 Å². The molecule has 0 bridgehead atoms. The summed E-state index contributed by atoms with van der Waals surface area (Å²) in [5, 5.41) is 1.29. The third-order valence-electron chi connectivity index (χ3n) is 4.34. The molecule has 18 heavy (non-hydrogen) atoms. The molecule has 0 atom stereocenters. The SMILES string of the molecule is Cn1cc(C2(C(C)(C)N)COC2)c2ccccc21. The van der Waals surface area contributed by atoms with E-state index >= 15 is 0 Å². The molecule has 1 aliphatic rings. The zero-order chi connectivity index (χ0) is 13.0. The molecule has 1 aromatic heterocycles. The van der Waals surface area contributed by atoms with E-state index in [4.69, 9.17) is 10.5 Å². The quantitative estimate of drug-likeness (QED) is 0.879. The van der Waals surface area contributed by atoms with Crippen LogP contribution in [0.5, 0.6) is 0 Å². The van der Waals surface area contributed by atoms with Crippen LogP contribution in [0.4, 0.5) is 0 Å². The van der Waals surface area contributed by atoms with Crippen molar-refractivity contribution in [3.05, 3.63) is 36.0 Å². The standard InChI is InChI=1S/C15H20N2O/c1-14(2,16)15(9-18-10-15)12-8-17(3)13-7-5-4-6-11(12)13/h4-8H,9-10,16H2,1-3H3. The van der Waals surface area contributed by atoms with E-state index in [-0.39, 0.29) is 11.0 Å². The Kier molecular flexibility index (Phi) is 2.34. The topological polar surface area (TPSA) is 40.2 Å². The minimum atomic E-state index is -0.282. The molecule has 3 heteroatoms. The third kappa shape index (κ3) is 1.38. The van der Waals surface area contributed by atoms with Gasteiger partial charge in [-0.3, -0.25) is 0 Å². The molecule has 3 nitrogen and oxygen atoms in total. The normalized spacial score (nSPS) is 18.9. The predicted molar refractivity (Wildman–Crippen MR) is 73.7 cm³/mol. The summed E-state index contributed by atoms with van der Waals surface area (Å²) in [6, 6.07) is 8.48. The maximum Gasteiger partial charge on any atom is 0.0615 e. The predicted octanol–water partition coefficient (Wildman–Crippen LogP) is 2.18. The highest BCUT2D eigenvalue weighted by Gasteiger charge is 2.51. The Hall–Kier alpha value is -1.32. The largest absolute Gasteiger partial charge is 0.379 e. The molecule has 0 aliphatic carbocycles. The third-order valence-corrected chi connectivity index (χ3v) is 4.34. The number of rotatable bonds is 2. The summed E-state index contributed by atoms with van der Waals surface area (Å²) in [6.07, 6.45) is 2.21. The van der Waals surface area contributed by atoms with Gasteiger partial charge in [0.15, 0.2) is 0 Å². The van der Waals surface area contributed by atoms with E-state index in [1.54, 1.807) is 0 Å². The fourth-order valence-electron chi connectivity index (χ4n) is 2.90. The number of fused-ring (bicyclic) bond motifs is 1. The van der Waals surface area contributed by atoms with Crippen molar-refractivity contribution in [1.82, 2.24) is 4.57 Å². The Morgan fingerprint density at radius 1 is 1.28 bits per heavy atom. The number of aryl methyl sites for hydroxylation is 1. The summed E-state index contributed by atoms with van der Waals surface area (Å²) in [5.74, 6) is 0. The molecule has 0 spiro atoms. The molecule has 2 heterocycles. The Labute approximate surface area is 108 Å². The molecular weight excluding hydrogens is 224 g/mol. The minimum Gasteiger partial charge on any atom is -0.379 e. The summed E-state index contributed by atoms with van der Waals surface area (Å²) in [7, 11) is 2.09. The average molecular weight is 244 g/mol. The van der Waals surface area contributed by atoms with Crippen molar-refractivity contribution < 1.29 is 4.74 Å². The number of ether oxygens (including phenoxy) is 1. The molecule has 1 aromatic carbocycles. The van der Waals surface area contributed by atoms with E-state index in [2.05, 4.69) is 55.9 Å². The van der Waals surface area contributed by atoms with E-state index in [9.17, 15) is 0 Å². The fourth-order valence-corrected chi connectivity index (χ4v) is 2.90. The second-order valence-electron chi connectivity index (χ2n) is 5.97. The zero-order valence-corrected chi connectivity index (χ0v) is 11.2. The zero-order valence-electron chi connectivity index (χ0n) is 11.2. The van der Waals surface area contributed by atoms with E-state index < -0.39 is 0 Å². The van der Waals surface area contributed by atoms with Gasteiger partial charge in [0.05, 0.1) is 18.6 Å². The molecule has 1 aliphatic heterocycles. The van der Waals surface area contributed by atoms with Gasteiger partial charge >= 0.3 is 0 Å². The number of para-hydroxylation sites is 1. The smallest absolute Gasteiger partial charge is 0.0615 e. The average Bonchev–Trinajstić information content (AvgIpc) is 2.54. The van der Waals surface area contributed by atoms with Crippen LogP contribution < -0.4 is 5.73 Å². The van der Waals surface area contributed by atoms with Crippen LogP contribution in [0.25, 0.3) is 10.9 Å². The molecule has 0 radical (unpaired) electrons. The minimum absolute atomic E-state index is 0.0616. The fraction of sp³-hybridized carbons (Fsp3) is 0.467. The lowest BCUT2D eigenvalue weighted by Crippen LogP contribution is -2.64. The lowest BCUT2D eigenvalue weighted by Gasteiger charge is -2.50. The molecule has 1 fully saturated rings. The van der Waals surface area contributed by atoms with E-state index in [1.165, 1.54) is 16.5 Å². The van der Waals surface area contributed by atoms with Gasteiger partial charge in [0.25, 0.3) is 0 Å². The number of nitrogens with two attached hydrogens (primary N) is 1. The first-order chi connectivity index (χ1) is 8.46. The van der Waals surface area contributed by atoms with Crippen LogP contribution in [0, 0.1) is 0 Å². The monoisotopic (exact) mass is 244 g/mol. The Morgan fingerprint density at radius 3 is 2.50 bits per heavy atom. The number of hydrogen-bond donors (Lipinski definition) is 1. The first kappa shape index (κ1) is 11.8. The van der Waals surface area contributed by atoms with Crippen molar-refractivity contribution in [2.75, 3.05) is 13.2 Å². The molecule has 96 valence electrons. The van der Waals surface area contributed by atoms with Crippen molar-refractivity contribution in [3.63, 3.8) is 0 Å². The van der Waals surface area contributed by atoms with Crippen LogP contribution in [0.3, 0.4) is 0 Å². The molecule has 1 saturated heterocycles. The van der Waals surface area contributed by atoms with Gasteiger partial charge in [-0.05, 0) is 25.5 Å². The van der Waals surface area contributed by atoms with Crippen LogP contribution in [-0.2, 0) is 17.2 Å². The second-order valence-corrected chi connectivity index (χ2v) is 5.97. The highest BCUT2D eigenvalue weighted by molar-refractivity contribution is 5.85. The maximum atomic E-state index is 6.42. The number of nitrogens with zero attached hydrogens (tertiary/aromatic N) is 1. The first-order valence-electron chi connectivity index (χ1n) is 6.37. The van der Waals surface area contributed by atoms with Crippen LogP contribution >= 0.6 is 0 Å². The molecular formula is C15H20N2O. The first-order valence-corrected chi connectivity index (χ1v) is 6.37. The van der Waals surface area contributed by atoms with Crippen molar-refractivity contribution in [2.45, 2.75) is 24.8 Å². The van der Waals surface area contributed by atoms with Crippen LogP contribution in [0.2, 0.25) is 0 Å². The van der Waals surface area contributed by atoms with Gasteiger partial charge in [-0.2, -0.15) is 0 Å². The van der Waals surface area contributed by atoms with E-state index in [0.717, 1.165) is 0 Å². The van der Waals surface area contributed by atoms with Gasteiger partial charge in [-0.15, -0.1) is 0 Å². The van der Waals surface area contributed by atoms with Crippen molar-refractivity contribution in [3.8, 4) is 0 Å². The molecule has 2 aromatic rings. The van der Waals surface area contributed by atoms with E-state index in [0.29, 0.717) is 13.2 Å². The van der Waals surface area contributed by atoms with Gasteiger partial charge in [-0.1, -0.05) is 18.2 Å². The number of aromatic nitrogens is 1. The summed E-state index contributed by atoms with van der Waals surface area (Å²) in [6.45, 7) is 5.61. The molecule has 0 amide bonds. The summed E-state index contributed by atoms with van der Waals surface area (Å²) in [5.41, 5.74) is 8.65. The van der Waals surface area contributed by atoms with Gasteiger partial charge in [0.1, 0.15) is 0 Å². The molecule has 2 N–H and O–H groups in total. The van der Waals surface area contributed by atoms with Crippen molar-refractivity contribution in [2.24, 2.45) is 12.8 Å². The van der Waals surface area contributed by atoms with Crippen LogP contribution in [-0.4, -0.2) is 23.3 Å². The van der Waals surface area contributed by atoms with Gasteiger partial charge < -0.3 is 15.0 Å². The second kappa shape index (κ2) is 3.59. The summed E-state index contributed by atoms with van der Waals surface area (Å²) >= 11 is 0. The maximum absolute atomic E-state index is 6.42. The van der Waals surface area contributed by atoms with Crippen LogP contribution in [0.15, 0.2) is 30.5 Å². The Balaban J connectivity index is 2.26. The van der Waals surface area contributed by atoms with Gasteiger partial charge in [0.2, 0.25) is 0 Å². The van der Waals surface area contributed by atoms with Crippen molar-refractivity contribution >= 4 is 10.9 Å². The Bertz CT molecular complexity index is 588. The summed E-state index contributed by atoms with van der Waals surface area (Å²) in [4.78, 5) is 0. The molecule has 0 unspecified atom stereocenters. The highest BCUT2D eigenvalue weighted by Crippen LogP contribution is 2.43. The van der Waals surface area contributed by atoms with Gasteiger partial charge in [-0.25, -0.2) is 0 Å². The van der Waals surface area contributed by atoms with Gasteiger partial charge in [0, 0.05) is 29.7 Å². The van der Waals surface area contributed by atoms with Crippen molar-refractivity contribution in [1.29, 1.82) is 0 Å².